The molecule has 8 N–H and O–H groups in total. The van der Waals surface area contributed by atoms with E-state index >= 15 is 0 Å². The molecule has 0 saturated heterocycles. The average molecular weight is 776 g/mol. The van der Waals surface area contributed by atoms with Crippen LogP contribution < -0.4 is 21.7 Å². The Morgan fingerprint density at radius 2 is 1.04 bits per heavy atom. The molecule has 0 bridgehead atoms. The molecule has 250 valence electrons. The number of rotatable bonds is 10. The summed E-state index contributed by atoms with van der Waals surface area (Å²) < 4.78 is 67.8. The van der Waals surface area contributed by atoms with Crippen LogP contribution in [0.2, 0.25) is 0 Å². The molecule has 0 atom stereocenters. The Hall–Kier alpha value is -4.80. The number of carbonyl (C=O) groups is 4. The van der Waals surface area contributed by atoms with E-state index in [-0.39, 0.29) is 56.6 Å². The largest absolute Gasteiger partial charge is 0.476 e. The van der Waals surface area contributed by atoms with Crippen LogP contribution in [0.15, 0.2) is 66.6 Å². The van der Waals surface area contributed by atoms with Gasteiger partial charge in [0.1, 0.15) is 9.79 Å². The van der Waals surface area contributed by atoms with Crippen molar-refractivity contribution < 1.29 is 89.5 Å². The first-order chi connectivity index (χ1) is 20.6. The number of carboxylic acids is 2. The Labute approximate surface area is 278 Å². The van der Waals surface area contributed by atoms with Gasteiger partial charge < -0.3 is 10.2 Å². The van der Waals surface area contributed by atoms with Crippen molar-refractivity contribution in [3.63, 3.8) is 0 Å². The standard InChI is InChI=1S/C22H16N8O12S2.2Cu/c31-19-15(17(21(33)34)27-29-19)25-23-11-5-3-9(13(7-11)43(37,38)39)1-2-10-4-6-12(8-14(10)44(40,41)42)24-26-16-18(22(35)36)28-30-20(16)32;;/h1-8,23-24H,(H,33,34)(H,35,36)(H,25,29,31)(H,26,30,32)(H,37,38,39)(H,40,41,42);;. The third-order valence-corrected chi connectivity index (χ3v) is 7.26. The Morgan fingerprint density at radius 3 is 1.35 bits per heavy atom. The number of hydrogen-bond donors (Lipinski definition) is 8. The van der Waals surface area contributed by atoms with Gasteiger partial charge in [0.05, 0.1) is 11.4 Å². The predicted octanol–water partition coefficient (Wildman–Crippen LogP) is -0.978. The minimum absolute atomic E-state index is 0. The molecule has 0 saturated carbocycles. The van der Waals surface area contributed by atoms with E-state index in [0.717, 1.165) is 36.4 Å². The number of nitrogens with zero attached hydrogens (tertiary/aromatic N) is 4. The smallest absolute Gasteiger partial charge is 0.358 e. The Bertz CT molecular complexity index is 1880. The van der Waals surface area contributed by atoms with Gasteiger partial charge in [-0.1, -0.05) is 24.3 Å². The molecule has 2 aromatic rings. The molecule has 0 aliphatic carbocycles. The molecular formula is C22H16Cu2N8O12S2. The summed E-state index contributed by atoms with van der Waals surface area (Å²) in [4.78, 5) is 44.4. The molecule has 24 heteroatoms. The van der Waals surface area contributed by atoms with Gasteiger partial charge in [-0.3, -0.25) is 29.5 Å². The van der Waals surface area contributed by atoms with E-state index in [2.05, 4.69) is 31.3 Å². The first-order valence-corrected chi connectivity index (χ1v) is 14.3. The van der Waals surface area contributed by atoms with E-state index in [1.165, 1.54) is 12.1 Å². The molecule has 2 heterocycles. The summed E-state index contributed by atoms with van der Waals surface area (Å²) in [5, 5.41) is 32.0. The zero-order valence-corrected chi connectivity index (χ0v) is 25.4. The maximum atomic E-state index is 12.1. The van der Waals surface area contributed by atoms with Crippen molar-refractivity contribution in [2.75, 3.05) is 10.9 Å². The third-order valence-electron chi connectivity index (χ3n) is 5.44. The first kappa shape index (κ1) is 37.4. The minimum Gasteiger partial charge on any atom is -0.476 e. The van der Waals surface area contributed by atoms with Gasteiger partial charge in [-0.15, -0.1) is 0 Å². The first-order valence-electron chi connectivity index (χ1n) is 11.4. The normalized spacial score (nSPS) is 16.2. The fourth-order valence-corrected chi connectivity index (χ4v) is 4.92. The van der Waals surface area contributed by atoms with Gasteiger partial charge in [0.2, 0.25) is 11.4 Å². The number of anilines is 2. The summed E-state index contributed by atoms with van der Waals surface area (Å²) in [5.74, 6) is -5.02. The monoisotopic (exact) mass is 774 g/mol. The zero-order chi connectivity index (χ0) is 32.4. The summed E-state index contributed by atoms with van der Waals surface area (Å²) in [6.07, 6.45) is 2.16. The quantitative estimate of drug-likeness (QED) is 0.0623. The predicted molar refractivity (Wildman–Crippen MR) is 150 cm³/mol. The van der Waals surface area contributed by atoms with Crippen molar-refractivity contribution in [2.45, 2.75) is 9.79 Å². The van der Waals surface area contributed by atoms with Crippen molar-refractivity contribution in [3.05, 3.63) is 47.5 Å². The van der Waals surface area contributed by atoms with Gasteiger partial charge >= 0.3 is 11.9 Å². The molecule has 20 nitrogen and oxygen atoms in total. The maximum Gasteiger partial charge on any atom is 0.358 e. The Kier molecular flexibility index (Phi) is 11.8. The molecule has 2 aliphatic rings. The van der Waals surface area contributed by atoms with Crippen LogP contribution in [-0.4, -0.2) is 82.8 Å². The molecule has 0 fully saturated rings. The van der Waals surface area contributed by atoms with Crippen LogP contribution in [0.25, 0.3) is 12.2 Å². The molecule has 46 heavy (non-hydrogen) atoms. The summed E-state index contributed by atoms with van der Waals surface area (Å²) in [6, 6.07) is 6.52. The Morgan fingerprint density at radius 1 is 0.696 bits per heavy atom. The van der Waals surface area contributed by atoms with E-state index in [9.17, 15) is 45.1 Å². The van der Waals surface area contributed by atoms with Crippen molar-refractivity contribution in [2.24, 2.45) is 20.4 Å². The summed E-state index contributed by atoms with van der Waals surface area (Å²) in [7, 11) is -9.84. The van der Waals surface area contributed by atoms with Gasteiger partial charge in [0.15, 0.2) is 11.4 Å². The van der Waals surface area contributed by atoms with E-state index < -0.39 is 76.6 Å². The van der Waals surface area contributed by atoms with Crippen molar-refractivity contribution in [1.82, 2.24) is 10.9 Å². The van der Waals surface area contributed by atoms with Gasteiger partial charge in [-0.25, -0.2) is 20.4 Å². The van der Waals surface area contributed by atoms with Gasteiger partial charge in [0.25, 0.3) is 32.1 Å². The van der Waals surface area contributed by atoms with E-state index in [1.54, 1.807) is 0 Å². The maximum absolute atomic E-state index is 12.1. The molecule has 0 unspecified atom stereocenters. The van der Waals surface area contributed by atoms with E-state index in [4.69, 9.17) is 10.2 Å². The van der Waals surface area contributed by atoms with Gasteiger partial charge in [-0.05, 0) is 35.4 Å². The van der Waals surface area contributed by atoms with Crippen molar-refractivity contribution in [1.29, 1.82) is 0 Å². The van der Waals surface area contributed by atoms with Crippen LogP contribution in [0.1, 0.15) is 11.1 Å². The number of nitrogens with one attached hydrogen (secondary N) is 4. The number of amides is 2. The topological polar surface area (TPSA) is 315 Å². The van der Waals surface area contributed by atoms with Gasteiger partial charge in [0, 0.05) is 34.1 Å². The third kappa shape index (κ3) is 8.47. The van der Waals surface area contributed by atoms with Crippen LogP contribution in [0, 0.1) is 0 Å². The SMILES string of the molecule is O=C(O)C1=NNC(=O)/C1=N\Nc1ccc(C=Cc2ccc(N/N=C3\C(=O)NN=C3C(=O)O)cc2S(=O)(=O)O)c(S(=O)(=O)O)c1.[Cu].[Cu]. The number of hydrogen-bond acceptors (Lipinski definition) is 14. The molecule has 2 aliphatic heterocycles. The van der Waals surface area contributed by atoms with Crippen molar-refractivity contribution in [3.8, 4) is 0 Å². The summed E-state index contributed by atoms with van der Waals surface area (Å²) in [5.41, 5.74) is 5.14. The fourth-order valence-electron chi connectivity index (χ4n) is 3.50. The number of carbonyl (C=O) groups excluding carboxylic acids is 2. The van der Waals surface area contributed by atoms with Crippen LogP contribution in [0.4, 0.5) is 11.4 Å². The number of benzene rings is 2. The van der Waals surface area contributed by atoms with Crippen LogP contribution >= 0.6 is 0 Å². The fraction of sp³-hybridized carbons (Fsp3) is 0. The number of carboxylic acid groups (broad SMARTS) is 2. The zero-order valence-electron chi connectivity index (χ0n) is 21.9. The molecule has 0 aromatic heterocycles. The second-order valence-corrected chi connectivity index (χ2v) is 11.1. The van der Waals surface area contributed by atoms with E-state index in [0.29, 0.717) is 0 Å². The minimum atomic E-state index is -4.92. The van der Waals surface area contributed by atoms with Crippen LogP contribution in [0.3, 0.4) is 0 Å². The molecule has 0 spiro atoms. The molecule has 2 aromatic carbocycles. The summed E-state index contributed by atoms with van der Waals surface area (Å²) >= 11 is 0. The molecule has 4 rings (SSSR count). The number of aliphatic carboxylic acids is 2. The Balaban J connectivity index is 0.00000368. The second kappa shape index (κ2) is 14.5. The average Bonchev–Trinajstić information content (AvgIpc) is 3.50. The van der Waals surface area contributed by atoms with E-state index in [1.807, 2.05) is 10.9 Å². The van der Waals surface area contributed by atoms with Gasteiger partial charge in [-0.2, -0.15) is 37.2 Å². The second-order valence-electron chi connectivity index (χ2n) is 8.35. The van der Waals surface area contributed by atoms with Crippen LogP contribution in [-0.2, 0) is 73.6 Å². The molecular weight excluding hydrogens is 760 g/mol. The van der Waals surface area contributed by atoms with Crippen LogP contribution in [0.5, 0.6) is 0 Å². The summed E-state index contributed by atoms with van der Waals surface area (Å²) in [6.45, 7) is 0. The van der Waals surface area contributed by atoms with Crippen molar-refractivity contribution >= 4 is 90.4 Å². The number of hydrazone groups is 4. The molecule has 2 radical (unpaired) electrons. The molecule has 2 amide bonds.